The summed E-state index contributed by atoms with van der Waals surface area (Å²) < 4.78 is 13.1. The van der Waals surface area contributed by atoms with Crippen LogP contribution in [0.3, 0.4) is 0 Å². The molecule has 1 N–H and O–H groups in total. The second kappa shape index (κ2) is 10.7. The van der Waals surface area contributed by atoms with Crippen LogP contribution in [-0.4, -0.2) is 19.1 Å². The third kappa shape index (κ3) is 4.40. The summed E-state index contributed by atoms with van der Waals surface area (Å²) in [7, 11) is 0. The van der Waals surface area contributed by atoms with Crippen LogP contribution in [0.4, 0.5) is 17.1 Å². The van der Waals surface area contributed by atoms with Gasteiger partial charge in [0.2, 0.25) is 0 Å². The molecular weight excluding hydrogens is 496 g/mol. The number of fused-ring (bicyclic) bond motifs is 6. The summed E-state index contributed by atoms with van der Waals surface area (Å²) in [5.41, 5.74) is 5.86. The van der Waals surface area contributed by atoms with Gasteiger partial charge in [0, 0.05) is 47.2 Å². The van der Waals surface area contributed by atoms with Gasteiger partial charge in [0.25, 0.3) is 0 Å². The van der Waals surface area contributed by atoms with Crippen LogP contribution >= 0.6 is 0 Å². The van der Waals surface area contributed by atoms with Crippen molar-refractivity contribution in [3.8, 4) is 11.5 Å². The lowest BCUT2D eigenvalue weighted by molar-refractivity contribution is 0.0225. The Morgan fingerprint density at radius 2 is 1.48 bits per heavy atom. The molecule has 1 atom stereocenters. The van der Waals surface area contributed by atoms with Gasteiger partial charge >= 0.3 is 5.97 Å². The van der Waals surface area contributed by atoms with Gasteiger partial charge in [0.1, 0.15) is 11.5 Å². The van der Waals surface area contributed by atoms with Gasteiger partial charge in [-0.25, -0.2) is 4.79 Å². The van der Waals surface area contributed by atoms with Crippen LogP contribution in [0, 0.1) is 6.92 Å². The topological polar surface area (TPSA) is 50.8 Å². The van der Waals surface area contributed by atoms with Crippen LogP contribution in [-0.2, 0) is 10.3 Å². The first-order chi connectivity index (χ1) is 19.5. The number of nitrogens with zero attached hydrogens (tertiary/aromatic N) is 1. The normalized spacial score (nSPS) is 16.5. The number of carbonyl (C=O) groups is 1. The third-order valence-corrected chi connectivity index (χ3v) is 7.96. The lowest BCUT2D eigenvalue weighted by Gasteiger charge is -2.37. The van der Waals surface area contributed by atoms with E-state index in [1.54, 1.807) is 0 Å². The molecule has 0 radical (unpaired) electrons. The minimum absolute atomic E-state index is 0.343. The summed E-state index contributed by atoms with van der Waals surface area (Å²) in [5.74, 6) is 1.11. The van der Waals surface area contributed by atoms with Crippen LogP contribution in [0.5, 0.6) is 11.5 Å². The average Bonchev–Trinajstić information content (AvgIpc) is 3.26. The van der Waals surface area contributed by atoms with Crippen molar-refractivity contribution >= 4 is 23.0 Å². The smallest absolute Gasteiger partial charge is 0.342 e. The number of carbonyl (C=O) groups excluding carboxylic acids is 1. The number of hydrogen-bond donors (Lipinski definition) is 1. The number of rotatable bonds is 9. The Morgan fingerprint density at radius 3 is 2.20 bits per heavy atom. The average molecular weight is 533 g/mol. The summed E-state index contributed by atoms with van der Waals surface area (Å²) in [4.78, 5) is 16.2. The molecule has 204 valence electrons. The summed E-state index contributed by atoms with van der Waals surface area (Å²) >= 11 is 0. The number of hydrogen-bond acceptors (Lipinski definition) is 5. The van der Waals surface area contributed by atoms with Gasteiger partial charge in [-0.2, -0.15) is 0 Å². The van der Waals surface area contributed by atoms with E-state index in [0.717, 1.165) is 89.6 Å². The van der Waals surface area contributed by atoms with Crippen LogP contribution in [0.25, 0.3) is 0 Å². The van der Waals surface area contributed by atoms with E-state index in [0.29, 0.717) is 5.56 Å². The predicted octanol–water partition coefficient (Wildman–Crippen LogP) is 8.71. The molecule has 0 amide bonds. The monoisotopic (exact) mass is 532 g/mol. The Kier molecular flexibility index (Phi) is 6.97. The maximum absolute atomic E-state index is 13.7. The number of unbranched alkanes of at least 4 members (excludes halogenated alkanes) is 2. The zero-order valence-corrected chi connectivity index (χ0v) is 23.5. The highest BCUT2D eigenvalue weighted by molar-refractivity contribution is 6.03. The molecule has 0 fully saturated rings. The standard InChI is InChI=1S/C35H36N2O3/c1-4-6-20-37(21-7-5-2)26-17-19-28-32(23-26)39-31-22-24(3)16-18-27(31)35(28)29-14-11-15-30(33(29)34(38)40-35)36-25-12-9-8-10-13-25/h8-19,22-23,36H,4-7,20-21H2,1-3H3. The lowest BCUT2D eigenvalue weighted by atomic mass is 9.77. The molecule has 0 saturated carbocycles. The fourth-order valence-electron chi connectivity index (χ4n) is 5.91. The van der Waals surface area contributed by atoms with Crippen molar-refractivity contribution in [3.05, 3.63) is 113 Å². The summed E-state index contributed by atoms with van der Waals surface area (Å²) in [5, 5.41) is 3.44. The summed E-state index contributed by atoms with van der Waals surface area (Å²) in [6.07, 6.45) is 4.56. The van der Waals surface area contributed by atoms with E-state index in [9.17, 15) is 4.79 Å². The molecular formula is C35H36N2O3. The molecule has 0 aromatic heterocycles. The van der Waals surface area contributed by atoms with Crippen molar-refractivity contribution in [2.24, 2.45) is 0 Å². The second-order valence-electron chi connectivity index (χ2n) is 10.8. The maximum atomic E-state index is 13.7. The largest absolute Gasteiger partial charge is 0.456 e. The summed E-state index contributed by atoms with van der Waals surface area (Å²) in [6.45, 7) is 8.51. The first kappa shape index (κ1) is 26.0. The predicted molar refractivity (Wildman–Crippen MR) is 161 cm³/mol. The molecule has 0 aliphatic carbocycles. The molecule has 5 heteroatoms. The Hall–Kier alpha value is -4.25. The maximum Gasteiger partial charge on any atom is 0.342 e. The number of nitrogens with one attached hydrogen (secondary N) is 1. The van der Waals surface area contributed by atoms with Crippen molar-refractivity contribution in [1.82, 2.24) is 0 Å². The van der Waals surface area contributed by atoms with Crippen LogP contribution < -0.4 is 15.0 Å². The number of aryl methyl sites for hydroxylation is 1. The second-order valence-corrected chi connectivity index (χ2v) is 10.8. The van der Waals surface area contributed by atoms with Crippen molar-refractivity contribution in [2.75, 3.05) is 23.3 Å². The molecule has 1 spiro atoms. The minimum atomic E-state index is -1.09. The molecule has 2 aliphatic heterocycles. The first-order valence-electron chi connectivity index (χ1n) is 14.4. The number of esters is 1. The molecule has 40 heavy (non-hydrogen) atoms. The summed E-state index contributed by atoms with van der Waals surface area (Å²) in [6, 6.07) is 28.3. The van der Waals surface area contributed by atoms with Gasteiger partial charge in [-0.3, -0.25) is 0 Å². The van der Waals surface area contributed by atoms with Crippen molar-refractivity contribution in [2.45, 2.75) is 52.1 Å². The van der Waals surface area contributed by atoms with Crippen molar-refractivity contribution in [1.29, 1.82) is 0 Å². The fourth-order valence-corrected chi connectivity index (χ4v) is 5.91. The lowest BCUT2D eigenvalue weighted by Crippen LogP contribution is -2.33. The van der Waals surface area contributed by atoms with Crippen molar-refractivity contribution < 1.29 is 14.3 Å². The Labute approximate surface area is 236 Å². The van der Waals surface area contributed by atoms with E-state index in [-0.39, 0.29) is 5.97 Å². The molecule has 5 nitrogen and oxygen atoms in total. The first-order valence-corrected chi connectivity index (χ1v) is 14.4. The Morgan fingerprint density at radius 1 is 0.775 bits per heavy atom. The number of benzene rings is 4. The van der Waals surface area contributed by atoms with E-state index in [1.807, 2.05) is 60.7 Å². The van der Waals surface area contributed by atoms with Gasteiger partial charge in [0.05, 0.1) is 11.3 Å². The number of ether oxygens (including phenoxy) is 2. The molecule has 0 bridgehead atoms. The number of para-hydroxylation sites is 1. The molecule has 1 unspecified atom stereocenters. The van der Waals surface area contributed by atoms with Crippen LogP contribution in [0.15, 0.2) is 84.9 Å². The van der Waals surface area contributed by atoms with E-state index >= 15 is 0 Å². The van der Waals surface area contributed by atoms with E-state index < -0.39 is 5.60 Å². The number of anilines is 3. The van der Waals surface area contributed by atoms with E-state index in [4.69, 9.17) is 9.47 Å². The Balaban J connectivity index is 1.51. The SMILES string of the molecule is CCCCN(CCCC)c1ccc2c(c1)Oc1cc(C)ccc1C21OC(=O)c2c(Nc3ccccc3)cccc21. The zero-order valence-electron chi connectivity index (χ0n) is 23.5. The van der Waals surface area contributed by atoms with Gasteiger partial charge in [-0.05, 0) is 61.7 Å². The van der Waals surface area contributed by atoms with Gasteiger partial charge in [-0.15, -0.1) is 0 Å². The Bertz CT molecular complexity index is 1540. The third-order valence-electron chi connectivity index (χ3n) is 7.96. The molecule has 0 saturated heterocycles. The molecule has 4 aromatic carbocycles. The van der Waals surface area contributed by atoms with Crippen LogP contribution in [0.2, 0.25) is 0 Å². The zero-order chi connectivity index (χ0) is 27.7. The van der Waals surface area contributed by atoms with E-state index in [1.165, 1.54) is 0 Å². The highest BCUT2D eigenvalue weighted by atomic mass is 16.6. The highest BCUT2D eigenvalue weighted by Crippen LogP contribution is 2.57. The van der Waals surface area contributed by atoms with E-state index in [2.05, 4.69) is 55.3 Å². The molecule has 2 aliphatic rings. The fraction of sp³-hybridized carbons (Fsp3) is 0.286. The van der Waals surface area contributed by atoms with Gasteiger partial charge < -0.3 is 19.7 Å². The van der Waals surface area contributed by atoms with Gasteiger partial charge in [0.15, 0.2) is 5.60 Å². The van der Waals surface area contributed by atoms with Crippen molar-refractivity contribution in [3.63, 3.8) is 0 Å². The quantitative estimate of drug-likeness (QED) is 0.219. The molecule has 6 rings (SSSR count). The highest BCUT2D eigenvalue weighted by Gasteiger charge is 2.54. The molecule has 2 heterocycles. The van der Waals surface area contributed by atoms with Gasteiger partial charge in [-0.1, -0.05) is 69.2 Å². The van der Waals surface area contributed by atoms with Crippen LogP contribution in [0.1, 0.15) is 72.1 Å². The molecule has 4 aromatic rings. The minimum Gasteiger partial charge on any atom is -0.456 e.